The quantitative estimate of drug-likeness (QED) is 0.700. The highest BCUT2D eigenvalue weighted by Gasteiger charge is 2.17. The summed E-state index contributed by atoms with van der Waals surface area (Å²) < 4.78 is 5.67. The van der Waals surface area contributed by atoms with E-state index >= 15 is 0 Å². The zero-order valence-corrected chi connectivity index (χ0v) is 10.3. The van der Waals surface area contributed by atoms with E-state index in [4.69, 9.17) is 4.74 Å². The number of benzene rings is 1. The Morgan fingerprint density at radius 2 is 1.80 bits per heavy atom. The summed E-state index contributed by atoms with van der Waals surface area (Å²) >= 11 is 0. The van der Waals surface area contributed by atoms with E-state index in [0.29, 0.717) is 11.8 Å². The highest BCUT2D eigenvalue weighted by atomic mass is 16.5. The second-order valence-electron chi connectivity index (χ2n) is 4.23. The molecule has 0 amide bonds. The van der Waals surface area contributed by atoms with Gasteiger partial charge in [-0.3, -0.25) is 0 Å². The lowest BCUT2D eigenvalue weighted by Crippen LogP contribution is -2.08. The summed E-state index contributed by atoms with van der Waals surface area (Å²) in [5, 5.41) is 0. The Morgan fingerprint density at radius 3 is 2.33 bits per heavy atom. The Balaban J connectivity index is 2.99. The molecule has 0 aliphatic rings. The highest BCUT2D eigenvalue weighted by Crippen LogP contribution is 2.33. The Kier molecular flexibility index (Phi) is 4.67. The molecular formula is C14H22O. The molecule has 1 aromatic rings. The van der Waals surface area contributed by atoms with E-state index < -0.39 is 0 Å². The molecule has 1 rings (SSSR count). The summed E-state index contributed by atoms with van der Waals surface area (Å²) in [6.45, 7) is 9.57. The van der Waals surface area contributed by atoms with Crippen molar-refractivity contribution < 1.29 is 4.74 Å². The van der Waals surface area contributed by atoms with Crippen molar-refractivity contribution in [1.29, 1.82) is 0 Å². The van der Waals surface area contributed by atoms with E-state index in [2.05, 4.69) is 39.0 Å². The molecule has 0 aliphatic heterocycles. The minimum absolute atomic E-state index is 0.604. The van der Waals surface area contributed by atoms with Crippen molar-refractivity contribution in [1.82, 2.24) is 0 Å². The molecule has 0 saturated carbocycles. The number of ether oxygens (including phenoxy) is 1. The average molecular weight is 206 g/mol. The van der Waals surface area contributed by atoms with Crippen LogP contribution in [0.2, 0.25) is 0 Å². The van der Waals surface area contributed by atoms with Crippen LogP contribution in [0.5, 0.6) is 5.75 Å². The molecule has 0 heterocycles. The van der Waals surface area contributed by atoms with Gasteiger partial charge in [-0.25, -0.2) is 0 Å². The molecule has 15 heavy (non-hydrogen) atoms. The van der Waals surface area contributed by atoms with Gasteiger partial charge < -0.3 is 4.74 Å². The van der Waals surface area contributed by atoms with Crippen LogP contribution < -0.4 is 4.74 Å². The molecule has 1 atom stereocenters. The van der Waals surface area contributed by atoms with Gasteiger partial charge in [-0.15, -0.1) is 0 Å². The van der Waals surface area contributed by atoms with E-state index in [-0.39, 0.29) is 0 Å². The van der Waals surface area contributed by atoms with Gasteiger partial charge in [0.2, 0.25) is 0 Å². The molecule has 0 radical (unpaired) electrons. The molecule has 0 saturated heterocycles. The predicted octanol–water partition coefficient (Wildman–Crippen LogP) is 4.23. The summed E-state index contributed by atoms with van der Waals surface area (Å²) in [7, 11) is 0. The number of rotatable bonds is 5. The molecule has 0 bridgehead atoms. The van der Waals surface area contributed by atoms with Crippen LogP contribution in [0, 0.1) is 5.92 Å². The van der Waals surface area contributed by atoms with Crippen LogP contribution in [0.1, 0.15) is 45.6 Å². The van der Waals surface area contributed by atoms with Crippen molar-refractivity contribution in [3.05, 3.63) is 29.8 Å². The molecule has 0 spiro atoms. The van der Waals surface area contributed by atoms with Crippen LogP contribution in [0.15, 0.2) is 24.3 Å². The number of para-hydroxylation sites is 1. The maximum atomic E-state index is 5.67. The van der Waals surface area contributed by atoms with Gasteiger partial charge in [0.1, 0.15) is 5.75 Å². The van der Waals surface area contributed by atoms with Crippen molar-refractivity contribution >= 4 is 0 Å². The zero-order chi connectivity index (χ0) is 11.3. The molecule has 0 N–H and O–H groups in total. The van der Waals surface area contributed by atoms with Gasteiger partial charge in [-0.05, 0) is 36.8 Å². The smallest absolute Gasteiger partial charge is 0.122 e. The van der Waals surface area contributed by atoms with Crippen LogP contribution in [0.3, 0.4) is 0 Å². The van der Waals surface area contributed by atoms with Gasteiger partial charge in [0.25, 0.3) is 0 Å². The lowest BCUT2D eigenvalue weighted by atomic mass is 9.86. The number of hydrogen-bond acceptors (Lipinski definition) is 1. The Hall–Kier alpha value is -0.980. The van der Waals surface area contributed by atoms with Crippen molar-refractivity contribution in [3.63, 3.8) is 0 Å². The van der Waals surface area contributed by atoms with Gasteiger partial charge in [-0.2, -0.15) is 0 Å². The van der Waals surface area contributed by atoms with E-state index in [9.17, 15) is 0 Å². The SMILES string of the molecule is CCOc1ccccc1C(CC)C(C)C. The van der Waals surface area contributed by atoms with Crippen molar-refractivity contribution in [2.24, 2.45) is 5.92 Å². The third kappa shape index (κ3) is 2.98. The topological polar surface area (TPSA) is 9.23 Å². The largest absolute Gasteiger partial charge is 0.494 e. The molecule has 0 aromatic heterocycles. The average Bonchev–Trinajstić information content (AvgIpc) is 2.21. The van der Waals surface area contributed by atoms with Gasteiger partial charge >= 0.3 is 0 Å². The molecule has 1 heteroatoms. The molecule has 1 aromatic carbocycles. The molecular weight excluding hydrogens is 184 g/mol. The zero-order valence-electron chi connectivity index (χ0n) is 10.3. The van der Waals surface area contributed by atoms with Crippen LogP contribution in [-0.2, 0) is 0 Å². The van der Waals surface area contributed by atoms with Gasteiger partial charge in [0.15, 0.2) is 0 Å². The predicted molar refractivity (Wildman–Crippen MR) is 65.5 cm³/mol. The highest BCUT2D eigenvalue weighted by molar-refractivity contribution is 5.36. The fourth-order valence-corrected chi connectivity index (χ4v) is 2.12. The lowest BCUT2D eigenvalue weighted by Gasteiger charge is -2.22. The second kappa shape index (κ2) is 5.79. The van der Waals surface area contributed by atoms with Gasteiger partial charge in [0, 0.05) is 0 Å². The Morgan fingerprint density at radius 1 is 1.13 bits per heavy atom. The van der Waals surface area contributed by atoms with Crippen molar-refractivity contribution in [2.45, 2.75) is 40.0 Å². The van der Waals surface area contributed by atoms with Crippen molar-refractivity contribution in [2.75, 3.05) is 6.61 Å². The summed E-state index contributed by atoms with van der Waals surface area (Å²) in [5.74, 6) is 2.32. The first-order valence-electron chi connectivity index (χ1n) is 5.92. The van der Waals surface area contributed by atoms with E-state index in [1.165, 1.54) is 12.0 Å². The number of hydrogen-bond donors (Lipinski definition) is 0. The minimum Gasteiger partial charge on any atom is -0.494 e. The molecule has 1 unspecified atom stereocenters. The molecule has 1 nitrogen and oxygen atoms in total. The molecule has 0 fully saturated rings. The van der Waals surface area contributed by atoms with E-state index in [0.717, 1.165) is 12.4 Å². The van der Waals surface area contributed by atoms with Gasteiger partial charge in [0.05, 0.1) is 6.61 Å². The third-order valence-electron chi connectivity index (χ3n) is 2.86. The minimum atomic E-state index is 0.604. The standard InChI is InChI=1S/C14H22O/c1-5-12(11(3)4)13-9-7-8-10-14(13)15-6-2/h7-12H,5-6H2,1-4H3. The van der Waals surface area contributed by atoms with Crippen LogP contribution in [0.25, 0.3) is 0 Å². The third-order valence-corrected chi connectivity index (χ3v) is 2.86. The summed E-state index contributed by atoms with van der Waals surface area (Å²) in [6, 6.07) is 8.41. The first-order valence-corrected chi connectivity index (χ1v) is 5.92. The van der Waals surface area contributed by atoms with Crippen LogP contribution in [-0.4, -0.2) is 6.61 Å². The fourth-order valence-electron chi connectivity index (χ4n) is 2.12. The summed E-state index contributed by atoms with van der Waals surface area (Å²) in [4.78, 5) is 0. The molecule has 0 aliphatic carbocycles. The molecule has 84 valence electrons. The maximum absolute atomic E-state index is 5.67. The second-order valence-corrected chi connectivity index (χ2v) is 4.23. The van der Waals surface area contributed by atoms with E-state index in [1.54, 1.807) is 0 Å². The van der Waals surface area contributed by atoms with Crippen LogP contribution >= 0.6 is 0 Å². The van der Waals surface area contributed by atoms with E-state index in [1.807, 2.05) is 13.0 Å². The van der Waals surface area contributed by atoms with Gasteiger partial charge in [-0.1, -0.05) is 39.0 Å². The Labute approximate surface area is 93.5 Å². The van der Waals surface area contributed by atoms with Crippen molar-refractivity contribution in [3.8, 4) is 5.75 Å². The normalized spacial score (nSPS) is 12.9. The fraction of sp³-hybridized carbons (Fsp3) is 0.571. The maximum Gasteiger partial charge on any atom is 0.122 e. The lowest BCUT2D eigenvalue weighted by molar-refractivity contribution is 0.329. The first kappa shape index (κ1) is 12.1. The monoisotopic (exact) mass is 206 g/mol. The Bertz CT molecular complexity index is 291. The summed E-state index contributed by atoms with van der Waals surface area (Å²) in [6.07, 6.45) is 1.17. The first-order chi connectivity index (χ1) is 7.20. The van der Waals surface area contributed by atoms with Crippen LogP contribution in [0.4, 0.5) is 0 Å². The summed E-state index contributed by atoms with van der Waals surface area (Å²) in [5.41, 5.74) is 1.36.